The van der Waals surface area contributed by atoms with Gasteiger partial charge in [0.05, 0.1) is 18.5 Å². The van der Waals surface area contributed by atoms with Crippen LogP contribution in [0.4, 0.5) is 13.2 Å². The Morgan fingerprint density at radius 2 is 1.93 bits per heavy atom. The molecule has 0 unspecified atom stereocenters. The van der Waals surface area contributed by atoms with Crippen LogP contribution in [0.15, 0.2) is 53.1 Å². The van der Waals surface area contributed by atoms with Crippen molar-refractivity contribution in [2.24, 2.45) is 0 Å². The number of hydrogen-bond acceptors (Lipinski definition) is 4. The van der Waals surface area contributed by atoms with Gasteiger partial charge in [0.25, 0.3) is 5.91 Å². The molecule has 0 atom stereocenters. The molecule has 3 rings (SSSR count). The molecule has 2 amide bonds. The Morgan fingerprint density at radius 3 is 2.59 bits per heavy atom. The van der Waals surface area contributed by atoms with E-state index in [1.165, 1.54) is 17.0 Å². The number of carbonyl (C=O) groups excluding carboxylic acids is 2. The predicted molar refractivity (Wildman–Crippen MR) is 97.7 cm³/mol. The molecule has 0 saturated carbocycles. The van der Waals surface area contributed by atoms with Crippen molar-refractivity contribution in [2.75, 3.05) is 13.1 Å². The highest BCUT2D eigenvalue weighted by Gasteiger charge is 2.27. The number of alkyl halides is 3. The molecule has 0 aliphatic carbocycles. The van der Waals surface area contributed by atoms with Crippen molar-refractivity contribution < 1.29 is 27.2 Å². The lowest BCUT2D eigenvalue weighted by atomic mass is 10.2. The molecule has 2 heterocycles. The van der Waals surface area contributed by atoms with Crippen LogP contribution in [0.25, 0.3) is 17.1 Å². The van der Waals surface area contributed by atoms with Crippen molar-refractivity contribution in [3.05, 3.63) is 59.4 Å². The summed E-state index contributed by atoms with van der Waals surface area (Å²) in [4.78, 5) is 23.8. The molecule has 1 aromatic carbocycles. The lowest BCUT2D eigenvalue weighted by Crippen LogP contribution is -2.41. The van der Waals surface area contributed by atoms with E-state index < -0.39 is 31.1 Å². The van der Waals surface area contributed by atoms with Crippen molar-refractivity contribution in [3.63, 3.8) is 0 Å². The summed E-state index contributed by atoms with van der Waals surface area (Å²) < 4.78 is 43.2. The van der Waals surface area contributed by atoms with Gasteiger partial charge < -0.3 is 15.1 Å². The summed E-state index contributed by atoms with van der Waals surface area (Å²) in [5, 5.41) is 8.57. The molecule has 0 radical (unpaired) electrons. The van der Waals surface area contributed by atoms with Crippen LogP contribution >= 0.6 is 11.6 Å². The van der Waals surface area contributed by atoms with E-state index in [1.807, 2.05) is 0 Å². The first kappa shape index (κ1) is 20.5. The van der Waals surface area contributed by atoms with Crippen molar-refractivity contribution in [1.29, 1.82) is 0 Å². The van der Waals surface area contributed by atoms with Crippen LogP contribution in [-0.4, -0.2) is 40.9 Å². The Hall–Kier alpha value is -3.27. The molecule has 152 valence electrons. The fourth-order valence-corrected chi connectivity index (χ4v) is 2.59. The van der Waals surface area contributed by atoms with Crippen LogP contribution < -0.4 is 10.6 Å². The van der Waals surface area contributed by atoms with Crippen molar-refractivity contribution in [2.45, 2.75) is 6.18 Å². The highest BCUT2D eigenvalue weighted by atomic mass is 35.5. The average Bonchev–Trinajstić information content (AvgIpc) is 3.33. The number of carbonyl (C=O) groups is 2. The molecule has 11 heteroatoms. The molecule has 2 aromatic heterocycles. The minimum atomic E-state index is -4.53. The molecule has 2 N–H and O–H groups in total. The number of amides is 2. The third-order valence-electron chi connectivity index (χ3n) is 3.66. The third-order valence-corrected chi connectivity index (χ3v) is 3.90. The number of nitrogens with one attached hydrogen (secondary N) is 2. The average molecular weight is 427 g/mol. The van der Waals surface area contributed by atoms with Gasteiger partial charge >= 0.3 is 6.18 Å². The van der Waals surface area contributed by atoms with Gasteiger partial charge in [-0.2, -0.15) is 18.3 Å². The number of aromatic nitrogens is 2. The first-order valence-corrected chi connectivity index (χ1v) is 8.62. The smallest absolute Gasteiger partial charge is 0.405 e. The summed E-state index contributed by atoms with van der Waals surface area (Å²) >= 11 is 6.02. The van der Waals surface area contributed by atoms with Crippen LogP contribution in [-0.2, 0) is 4.79 Å². The topological polar surface area (TPSA) is 89.2 Å². The Bertz CT molecular complexity index is 1020. The standard InChI is InChI=1S/C18H14ClF3N4O3/c19-11-3-1-4-12(7-11)26-14(15-5-2-6-29-15)8-13(25-26)17(28)23-9-16(27)24-10-18(20,21)22/h1-8H,9-10H2,(H,23,28)(H,24,27). The maximum absolute atomic E-state index is 12.3. The monoisotopic (exact) mass is 426 g/mol. The quantitative estimate of drug-likeness (QED) is 0.633. The fourth-order valence-electron chi connectivity index (χ4n) is 2.41. The van der Waals surface area contributed by atoms with Crippen LogP contribution in [0.3, 0.4) is 0 Å². The van der Waals surface area contributed by atoms with Crippen molar-refractivity contribution in [3.8, 4) is 17.1 Å². The van der Waals surface area contributed by atoms with E-state index >= 15 is 0 Å². The molecule has 0 saturated heterocycles. The zero-order valence-corrected chi connectivity index (χ0v) is 15.4. The zero-order chi connectivity index (χ0) is 21.0. The molecule has 0 fully saturated rings. The molecule has 7 nitrogen and oxygen atoms in total. The van der Waals surface area contributed by atoms with E-state index in [2.05, 4.69) is 10.4 Å². The van der Waals surface area contributed by atoms with E-state index in [9.17, 15) is 22.8 Å². The highest BCUT2D eigenvalue weighted by Crippen LogP contribution is 2.25. The second-order valence-electron chi connectivity index (χ2n) is 5.86. The first-order chi connectivity index (χ1) is 13.7. The number of hydrogen-bond donors (Lipinski definition) is 2. The summed E-state index contributed by atoms with van der Waals surface area (Å²) in [6.07, 6.45) is -3.08. The SMILES string of the molecule is O=C(CNC(=O)c1cc(-c2ccco2)n(-c2cccc(Cl)c2)n1)NCC(F)(F)F. The number of nitrogens with zero attached hydrogens (tertiary/aromatic N) is 2. The van der Waals surface area contributed by atoms with Crippen LogP contribution in [0.5, 0.6) is 0 Å². The molecular weight excluding hydrogens is 413 g/mol. The molecule has 29 heavy (non-hydrogen) atoms. The Labute approximate surface area is 167 Å². The lowest BCUT2D eigenvalue weighted by molar-refractivity contribution is -0.137. The van der Waals surface area contributed by atoms with Crippen molar-refractivity contribution in [1.82, 2.24) is 20.4 Å². The maximum Gasteiger partial charge on any atom is 0.405 e. The van der Waals surface area contributed by atoms with Crippen LogP contribution in [0.2, 0.25) is 5.02 Å². The second-order valence-corrected chi connectivity index (χ2v) is 6.29. The molecular formula is C18H14ClF3N4O3. The summed E-state index contributed by atoms with van der Waals surface area (Å²) in [7, 11) is 0. The Kier molecular flexibility index (Phi) is 5.92. The number of halogens is 4. The lowest BCUT2D eigenvalue weighted by Gasteiger charge is -2.08. The maximum atomic E-state index is 12.3. The van der Waals surface area contributed by atoms with Crippen LogP contribution in [0.1, 0.15) is 10.5 Å². The summed E-state index contributed by atoms with van der Waals surface area (Å²) in [6.45, 7) is -2.11. The van der Waals surface area contributed by atoms with Crippen molar-refractivity contribution >= 4 is 23.4 Å². The molecule has 0 aliphatic heterocycles. The van der Waals surface area contributed by atoms with Gasteiger partial charge in [-0.1, -0.05) is 17.7 Å². The molecule has 0 bridgehead atoms. The van der Waals surface area contributed by atoms with E-state index in [1.54, 1.807) is 41.7 Å². The number of furan rings is 1. The van der Waals surface area contributed by atoms with Gasteiger partial charge in [0.1, 0.15) is 12.2 Å². The van der Waals surface area contributed by atoms with Gasteiger partial charge in [0.15, 0.2) is 11.5 Å². The van der Waals surface area contributed by atoms with E-state index in [4.69, 9.17) is 16.0 Å². The van der Waals surface area contributed by atoms with Gasteiger partial charge in [-0.05, 0) is 30.3 Å². The van der Waals surface area contributed by atoms with Gasteiger partial charge in [0.2, 0.25) is 5.91 Å². The number of benzene rings is 1. The third kappa shape index (κ3) is 5.38. The minimum absolute atomic E-state index is 0.0556. The van der Waals surface area contributed by atoms with Gasteiger partial charge in [-0.15, -0.1) is 0 Å². The van der Waals surface area contributed by atoms with Gasteiger partial charge in [-0.3, -0.25) is 9.59 Å². The Balaban J connectivity index is 1.78. The zero-order valence-electron chi connectivity index (χ0n) is 14.7. The Morgan fingerprint density at radius 1 is 1.14 bits per heavy atom. The highest BCUT2D eigenvalue weighted by molar-refractivity contribution is 6.30. The predicted octanol–water partition coefficient (Wildman–Crippen LogP) is 3.19. The summed E-state index contributed by atoms with van der Waals surface area (Å²) in [6, 6.07) is 11.5. The first-order valence-electron chi connectivity index (χ1n) is 8.24. The molecule has 0 aliphatic rings. The van der Waals surface area contributed by atoms with E-state index in [0.717, 1.165) is 0 Å². The minimum Gasteiger partial charge on any atom is -0.463 e. The molecule has 0 spiro atoms. The molecule has 3 aromatic rings. The van der Waals surface area contributed by atoms with Gasteiger partial charge in [-0.25, -0.2) is 4.68 Å². The largest absolute Gasteiger partial charge is 0.463 e. The van der Waals surface area contributed by atoms with E-state index in [0.29, 0.717) is 22.2 Å². The van der Waals surface area contributed by atoms with Crippen LogP contribution in [0, 0.1) is 0 Å². The normalized spacial score (nSPS) is 11.3. The summed E-state index contributed by atoms with van der Waals surface area (Å²) in [5.74, 6) is -1.28. The fraction of sp³-hybridized carbons (Fsp3) is 0.167. The second kappa shape index (κ2) is 8.39. The van der Waals surface area contributed by atoms with E-state index in [-0.39, 0.29) is 5.69 Å². The van der Waals surface area contributed by atoms with Gasteiger partial charge in [0, 0.05) is 11.1 Å². The number of rotatable bonds is 6. The summed E-state index contributed by atoms with van der Waals surface area (Å²) in [5.41, 5.74) is 0.954.